The van der Waals surface area contributed by atoms with Gasteiger partial charge in [0, 0.05) is 36.8 Å². The second kappa shape index (κ2) is 14.9. The van der Waals surface area contributed by atoms with Crippen LogP contribution in [0.5, 0.6) is 11.5 Å². The Labute approximate surface area is 265 Å². The first-order valence-corrected chi connectivity index (χ1v) is 15.5. The number of aromatic carboxylic acids is 1. The van der Waals surface area contributed by atoms with E-state index in [1.54, 1.807) is 17.0 Å². The van der Waals surface area contributed by atoms with Crippen molar-refractivity contribution in [1.82, 2.24) is 9.80 Å². The van der Waals surface area contributed by atoms with E-state index in [0.29, 0.717) is 51.9 Å². The number of carboxylic acid groups (broad SMARTS) is 1. The van der Waals surface area contributed by atoms with Crippen molar-refractivity contribution >= 4 is 57.9 Å². The van der Waals surface area contributed by atoms with Crippen LogP contribution < -0.4 is 9.47 Å². The first-order valence-electron chi connectivity index (χ1n) is 13.9. The molecular formula is C32H31ClN2O6S2. The van der Waals surface area contributed by atoms with Crippen molar-refractivity contribution in [1.29, 1.82) is 0 Å². The highest BCUT2D eigenvalue weighted by molar-refractivity contribution is 8.26. The molecule has 8 nitrogen and oxygen atoms in total. The molecule has 0 radical (unpaired) electrons. The Balaban J connectivity index is 1.26. The summed E-state index contributed by atoms with van der Waals surface area (Å²) in [5.41, 5.74) is 2.90. The molecule has 0 unspecified atom stereocenters. The SMILES string of the molecule is O=C(O)c1ccc(OCCCN2C(=O)C(=Cc3cc(-c4cccc(Cl)c4)ccc3OCCN3CCOCC3)SC2=S)cc1. The Kier molecular flexibility index (Phi) is 10.7. The van der Waals surface area contributed by atoms with Gasteiger partial charge < -0.3 is 19.3 Å². The fourth-order valence-corrected chi connectivity index (χ4v) is 6.18. The van der Waals surface area contributed by atoms with Crippen LogP contribution in [0.1, 0.15) is 22.3 Å². The second-order valence-electron chi connectivity index (χ2n) is 9.93. The zero-order valence-corrected chi connectivity index (χ0v) is 25.8. The quantitative estimate of drug-likeness (QED) is 0.144. The van der Waals surface area contributed by atoms with Crippen LogP contribution in [0.25, 0.3) is 17.2 Å². The normalized spacial score (nSPS) is 16.6. The molecule has 1 amide bonds. The van der Waals surface area contributed by atoms with Crippen LogP contribution in [0.3, 0.4) is 0 Å². The van der Waals surface area contributed by atoms with E-state index in [4.69, 9.17) is 43.1 Å². The third kappa shape index (κ3) is 8.36. The minimum Gasteiger partial charge on any atom is -0.494 e. The Hall–Kier alpha value is -3.41. The molecule has 3 aromatic carbocycles. The molecule has 0 atom stereocenters. The first kappa shape index (κ1) is 31.0. The average molecular weight is 639 g/mol. The summed E-state index contributed by atoms with van der Waals surface area (Å²) in [6, 6.07) is 19.8. The van der Waals surface area contributed by atoms with Crippen LogP contribution in [0.15, 0.2) is 71.6 Å². The number of thioether (sulfide) groups is 1. The first-order chi connectivity index (χ1) is 20.9. The van der Waals surface area contributed by atoms with Crippen molar-refractivity contribution in [2.24, 2.45) is 0 Å². The lowest BCUT2D eigenvalue weighted by atomic mass is 10.0. The molecule has 0 spiro atoms. The highest BCUT2D eigenvalue weighted by Gasteiger charge is 2.32. The maximum Gasteiger partial charge on any atom is 0.335 e. The third-order valence-corrected chi connectivity index (χ3v) is 8.61. The summed E-state index contributed by atoms with van der Waals surface area (Å²) >= 11 is 13.1. The van der Waals surface area contributed by atoms with E-state index in [-0.39, 0.29) is 11.5 Å². The molecule has 2 aliphatic heterocycles. The minimum atomic E-state index is -0.989. The van der Waals surface area contributed by atoms with Crippen molar-refractivity contribution in [2.45, 2.75) is 6.42 Å². The third-order valence-electron chi connectivity index (χ3n) is 6.99. The number of morpholine rings is 1. The van der Waals surface area contributed by atoms with E-state index in [1.165, 1.54) is 23.9 Å². The van der Waals surface area contributed by atoms with Gasteiger partial charge in [0.1, 0.15) is 22.4 Å². The molecule has 0 aromatic heterocycles. The molecule has 2 fully saturated rings. The molecule has 2 aliphatic rings. The van der Waals surface area contributed by atoms with Gasteiger partial charge in [-0.25, -0.2) is 4.79 Å². The predicted octanol–water partition coefficient (Wildman–Crippen LogP) is 6.09. The monoisotopic (exact) mass is 638 g/mol. The van der Waals surface area contributed by atoms with Gasteiger partial charge in [0.15, 0.2) is 0 Å². The lowest BCUT2D eigenvalue weighted by Gasteiger charge is -2.26. The van der Waals surface area contributed by atoms with Gasteiger partial charge >= 0.3 is 5.97 Å². The molecular weight excluding hydrogens is 608 g/mol. The number of thiocarbonyl (C=S) groups is 1. The van der Waals surface area contributed by atoms with Crippen LogP contribution in [0.4, 0.5) is 0 Å². The van der Waals surface area contributed by atoms with Crippen LogP contribution in [-0.2, 0) is 9.53 Å². The standard InChI is InChI=1S/C32H31ClN2O6S2/c33-26-4-1-3-23(20-26)24-7-10-28(41-18-14-34-12-16-39-17-13-34)25(19-24)21-29-30(36)35(32(42)43-29)11-2-15-40-27-8-5-22(6-9-27)31(37)38/h1,3-10,19-21H,2,11-18H2,(H,37,38). The van der Waals surface area contributed by atoms with Crippen molar-refractivity contribution in [3.63, 3.8) is 0 Å². The molecule has 43 heavy (non-hydrogen) atoms. The lowest BCUT2D eigenvalue weighted by molar-refractivity contribution is -0.122. The predicted molar refractivity (Wildman–Crippen MR) is 173 cm³/mol. The van der Waals surface area contributed by atoms with E-state index in [9.17, 15) is 9.59 Å². The number of carboxylic acids is 1. The number of nitrogens with zero attached hydrogens (tertiary/aromatic N) is 2. The molecule has 2 heterocycles. The van der Waals surface area contributed by atoms with Gasteiger partial charge in [0.2, 0.25) is 0 Å². The van der Waals surface area contributed by atoms with Crippen molar-refractivity contribution in [3.8, 4) is 22.6 Å². The van der Waals surface area contributed by atoms with Crippen LogP contribution >= 0.6 is 35.6 Å². The van der Waals surface area contributed by atoms with E-state index in [2.05, 4.69) is 4.90 Å². The maximum absolute atomic E-state index is 13.4. The summed E-state index contributed by atoms with van der Waals surface area (Å²) < 4.78 is 17.9. The molecule has 0 aliphatic carbocycles. The molecule has 11 heteroatoms. The number of benzene rings is 3. The number of hydrogen-bond donors (Lipinski definition) is 1. The summed E-state index contributed by atoms with van der Waals surface area (Å²) in [7, 11) is 0. The number of ether oxygens (including phenoxy) is 3. The Morgan fingerprint density at radius 1 is 1.00 bits per heavy atom. The molecule has 0 bridgehead atoms. The molecule has 2 saturated heterocycles. The van der Waals surface area contributed by atoms with E-state index in [1.807, 2.05) is 48.5 Å². The Morgan fingerprint density at radius 2 is 1.77 bits per heavy atom. The Morgan fingerprint density at radius 3 is 2.51 bits per heavy atom. The highest BCUT2D eigenvalue weighted by atomic mass is 35.5. The number of carbonyl (C=O) groups excluding carboxylic acids is 1. The number of rotatable bonds is 12. The van der Waals surface area contributed by atoms with E-state index < -0.39 is 5.97 Å². The van der Waals surface area contributed by atoms with Gasteiger partial charge in [0.25, 0.3) is 5.91 Å². The van der Waals surface area contributed by atoms with E-state index >= 15 is 0 Å². The number of halogens is 1. The number of carbonyl (C=O) groups is 2. The van der Waals surface area contributed by atoms with Crippen molar-refractivity contribution in [3.05, 3.63) is 87.8 Å². The van der Waals surface area contributed by atoms with Crippen LogP contribution in [-0.4, -0.2) is 83.7 Å². The topological polar surface area (TPSA) is 88.5 Å². The van der Waals surface area contributed by atoms with Crippen LogP contribution in [0, 0.1) is 0 Å². The van der Waals surface area contributed by atoms with Gasteiger partial charge in [-0.15, -0.1) is 0 Å². The maximum atomic E-state index is 13.4. The van der Waals surface area contributed by atoms with Gasteiger partial charge in [0.05, 0.1) is 30.3 Å². The Bertz CT molecular complexity index is 1510. The summed E-state index contributed by atoms with van der Waals surface area (Å²) in [4.78, 5) is 28.8. The van der Waals surface area contributed by atoms with Gasteiger partial charge in [-0.3, -0.25) is 14.6 Å². The average Bonchev–Trinajstić information content (AvgIpc) is 3.28. The van der Waals surface area contributed by atoms with Gasteiger partial charge in [-0.1, -0.05) is 53.8 Å². The van der Waals surface area contributed by atoms with Crippen molar-refractivity contribution < 1.29 is 28.9 Å². The highest BCUT2D eigenvalue weighted by Crippen LogP contribution is 2.36. The molecule has 224 valence electrons. The summed E-state index contributed by atoms with van der Waals surface area (Å²) in [5, 5.41) is 9.68. The molecule has 5 rings (SSSR count). The minimum absolute atomic E-state index is 0.159. The number of amides is 1. The fraction of sp³-hybridized carbons (Fsp3) is 0.281. The second-order valence-corrected chi connectivity index (χ2v) is 12.0. The zero-order chi connectivity index (χ0) is 30.2. The summed E-state index contributed by atoms with van der Waals surface area (Å²) in [6.45, 7) is 5.28. The van der Waals surface area contributed by atoms with E-state index in [0.717, 1.165) is 49.5 Å². The summed E-state index contributed by atoms with van der Waals surface area (Å²) in [5.74, 6) is 0.104. The van der Waals surface area contributed by atoms with Crippen molar-refractivity contribution in [2.75, 3.05) is 52.6 Å². The zero-order valence-electron chi connectivity index (χ0n) is 23.4. The number of hydrogen-bond acceptors (Lipinski definition) is 8. The largest absolute Gasteiger partial charge is 0.494 e. The molecule has 3 aromatic rings. The molecule has 0 saturated carbocycles. The smallest absolute Gasteiger partial charge is 0.335 e. The van der Waals surface area contributed by atoms with Gasteiger partial charge in [-0.05, 0) is 72.2 Å². The van der Waals surface area contributed by atoms with Crippen LogP contribution in [0.2, 0.25) is 5.02 Å². The van der Waals surface area contributed by atoms with Gasteiger partial charge in [-0.2, -0.15) is 0 Å². The fourth-order valence-electron chi connectivity index (χ4n) is 4.69. The molecule has 1 N–H and O–H groups in total. The summed E-state index contributed by atoms with van der Waals surface area (Å²) in [6.07, 6.45) is 2.40. The lowest BCUT2D eigenvalue weighted by Crippen LogP contribution is -2.38.